The Hall–Kier alpha value is -2.69. The van der Waals surface area contributed by atoms with Gasteiger partial charge in [0, 0.05) is 5.56 Å². The van der Waals surface area contributed by atoms with Gasteiger partial charge in [0.1, 0.15) is 12.1 Å². The lowest BCUT2D eigenvalue weighted by Gasteiger charge is -2.11. The van der Waals surface area contributed by atoms with Gasteiger partial charge in [-0.05, 0) is 38.1 Å². The van der Waals surface area contributed by atoms with E-state index < -0.39 is 0 Å². The smallest absolute Gasteiger partial charge is 0.161 e. The number of hydrogen-bond donors (Lipinski definition) is 1. The average Bonchev–Trinajstić information content (AvgIpc) is 3.20. The second-order valence-electron chi connectivity index (χ2n) is 4.69. The Morgan fingerprint density at radius 2 is 1.86 bits per heavy atom. The second-order valence-corrected chi connectivity index (χ2v) is 4.69. The summed E-state index contributed by atoms with van der Waals surface area (Å²) >= 11 is 0. The van der Waals surface area contributed by atoms with Gasteiger partial charge in [-0.15, -0.1) is 0 Å². The molecule has 0 saturated carbocycles. The predicted octanol–water partition coefficient (Wildman–Crippen LogP) is 4.13. The summed E-state index contributed by atoms with van der Waals surface area (Å²) < 4.78 is 16.3. The number of H-pyrrole nitrogens is 1. The van der Waals surface area contributed by atoms with Crippen LogP contribution in [0.2, 0.25) is 0 Å². The zero-order valence-electron chi connectivity index (χ0n) is 12.6. The summed E-state index contributed by atoms with van der Waals surface area (Å²) in [5.41, 5.74) is 2.83. The standard InChI is InChI=1S/C17H18N2O3/c1-3-21-15-6-5-12(9-16(15)22-4-2)14-10-18-17(19-14)13-7-8-20-11-13/h5-11H,3-4H2,1-2H3,(H,18,19). The van der Waals surface area contributed by atoms with Crippen LogP contribution in [0.15, 0.2) is 47.4 Å². The van der Waals surface area contributed by atoms with E-state index in [4.69, 9.17) is 13.9 Å². The number of ether oxygens (including phenoxy) is 2. The molecule has 22 heavy (non-hydrogen) atoms. The van der Waals surface area contributed by atoms with E-state index in [-0.39, 0.29) is 0 Å². The van der Waals surface area contributed by atoms with Gasteiger partial charge < -0.3 is 18.9 Å². The summed E-state index contributed by atoms with van der Waals surface area (Å²) in [6.45, 7) is 5.10. The number of hydrogen-bond acceptors (Lipinski definition) is 4. The summed E-state index contributed by atoms with van der Waals surface area (Å²) in [5, 5.41) is 0. The van der Waals surface area contributed by atoms with Gasteiger partial charge in [-0.2, -0.15) is 0 Å². The Bertz CT molecular complexity index is 732. The number of benzene rings is 1. The van der Waals surface area contributed by atoms with E-state index in [2.05, 4.69) is 9.97 Å². The summed E-state index contributed by atoms with van der Waals surface area (Å²) in [7, 11) is 0. The van der Waals surface area contributed by atoms with Crippen molar-refractivity contribution in [2.75, 3.05) is 13.2 Å². The molecule has 1 N–H and O–H groups in total. The highest BCUT2D eigenvalue weighted by molar-refractivity contribution is 5.66. The molecule has 0 saturated heterocycles. The van der Waals surface area contributed by atoms with Crippen LogP contribution in [0, 0.1) is 0 Å². The highest BCUT2D eigenvalue weighted by atomic mass is 16.5. The van der Waals surface area contributed by atoms with Crippen molar-refractivity contribution in [1.82, 2.24) is 9.97 Å². The van der Waals surface area contributed by atoms with Crippen LogP contribution >= 0.6 is 0 Å². The molecule has 0 spiro atoms. The number of nitrogens with one attached hydrogen (secondary N) is 1. The molecule has 5 nitrogen and oxygen atoms in total. The highest BCUT2D eigenvalue weighted by Crippen LogP contribution is 2.33. The van der Waals surface area contributed by atoms with Crippen molar-refractivity contribution in [2.45, 2.75) is 13.8 Å². The van der Waals surface area contributed by atoms with Crippen LogP contribution < -0.4 is 9.47 Å². The Balaban J connectivity index is 1.93. The first-order valence-corrected chi connectivity index (χ1v) is 7.29. The Kier molecular flexibility index (Phi) is 4.14. The maximum Gasteiger partial charge on any atom is 0.161 e. The lowest BCUT2D eigenvalue weighted by Crippen LogP contribution is -1.98. The molecule has 3 rings (SSSR count). The highest BCUT2D eigenvalue weighted by Gasteiger charge is 2.10. The normalized spacial score (nSPS) is 10.6. The maximum absolute atomic E-state index is 5.66. The van der Waals surface area contributed by atoms with Crippen LogP contribution in [0.3, 0.4) is 0 Å². The molecule has 0 aliphatic heterocycles. The van der Waals surface area contributed by atoms with Crippen LogP contribution in [-0.4, -0.2) is 23.2 Å². The van der Waals surface area contributed by atoms with Crippen LogP contribution in [0.5, 0.6) is 11.5 Å². The van der Waals surface area contributed by atoms with E-state index in [1.54, 1.807) is 18.7 Å². The minimum atomic E-state index is 0.590. The molecule has 0 unspecified atom stereocenters. The third-order valence-corrected chi connectivity index (χ3v) is 3.22. The molecule has 0 bridgehead atoms. The fraction of sp³-hybridized carbons (Fsp3) is 0.235. The maximum atomic E-state index is 5.66. The Morgan fingerprint density at radius 3 is 2.59 bits per heavy atom. The summed E-state index contributed by atoms with van der Waals surface area (Å²) in [6, 6.07) is 7.73. The van der Waals surface area contributed by atoms with Gasteiger partial charge in [-0.3, -0.25) is 0 Å². The first kappa shape index (κ1) is 14.3. The van der Waals surface area contributed by atoms with E-state index in [0.29, 0.717) is 13.2 Å². The van der Waals surface area contributed by atoms with Gasteiger partial charge in [-0.25, -0.2) is 4.98 Å². The van der Waals surface area contributed by atoms with E-state index in [9.17, 15) is 0 Å². The number of aromatic nitrogens is 2. The van der Waals surface area contributed by atoms with Gasteiger partial charge in [0.15, 0.2) is 11.5 Å². The molecular weight excluding hydrogens is 280 g/mol. The average molecular weight is 298 g/mol. The van der Waals surface area contributed by atoms with Gasteiger partial charge >= 0.3 is 0 Å². The molecule has 0 aliphatic carbocycles. The fourth-order valence-corrected chi connectivity index (χ4v) is 2.23. The van der Waals surface area contributed by atoms with Gasteiger partial charge in [-0.1, -0.05) is 0 Å². The molecule has 5 heteroatoms. The molecule has 1 aromatic carbocycles. The van der Waals surface area contributed by atoms with Crippen molar-refractivity contribution < 1.29 is 13.9 Å². The van der Waals surface area contributed by atoms with Gasteiger partial charge in [0.05, 0.1) is 36.9 Å². The molecule has 3 aromatic rings. The van der Waals surface area contributed by atoms with Crippen LogP contribution in [0.4, 0.5) is 0 Å². The zero-order chi connectivity index (χ0) is 15.4. The summed E-state index contributed by atoms with van der Waals surface area (Å²) in [6.07, 6.45) is 5.09. The van der Waals surface area contributed by atoms with Crippen LogP contribution in [0.25, 0.3) is 22.6 Å². The zero-order valence-corrected chi connectivity index (χ0v) is 12.6. The first-order chi connectivity index (χ1) is 10.8. The van der Waals surface area contributed by atoms with E-state index >= 15 is 0 Å². The summed E-state index contributed by atoms with van der Waals surface area (Å²) in [4.78, 5) is 7.67. The molecule has 2 heterocycles. The minimum absolute atomic E-state index is 0.590. The third-order valence-electron chi connectivity index (χ3n) is 3.22. The first-order valence-electron chi connectivity index (χ1n) is 7.29. The lowest BCUT2D eigenvalue weighted by molar-refractivity contribution is 0.288. The van der Waals surface area contributed by atoms with E-state index in [0.717, 1.165) is 34.1 Å². The molecule has 2 aromatic heterocycles. The topological polar surface area (TPSA) is 60.3 Å². The van der Waals surface area contributed by atoms with Crippen LogP contribution in [-0.2, 0) is 0 Å². The molecule has 0 atom stereocenters. The van der Waals surface area contributed by atoms with Crippen molar-refractivity contribution in [2.24, 2.45) is 0 Å². The van der Waals surface area contributed by atoms with E-state index in [1.807, 2.05) is 38.1 Å². The second kappa shape index (κ2) is 6.39. The number of rotatable bonds is 6. The van der Waals surface area contributed by atoms with Crippen molar-refractivity contribution in [3.63, 3.8) is 0 Å². The Labute approximate surface area is 128 Å². The Morgan fingerprint density at radius 1 is 1.05 bits per heavy atom. The largest absolute Gasteiger partial charge is 0.490 e. The quantitative estimate of drug-likeness (QED) is 0.743. The third kappa shape index (κ3) is 2.83. The molecule has 0 amide bonds. The fourth-order valence-electron chi connectivity index (χ4n) is 2.23. The lowest BCUT2D eigenvalue weighted by atomic mass is 10.1. The monoisotopic (exact) mass is 298 g/mol. The summed E-state index contributed by atoms with van der Waals surface area (Å²) in [5.74, 6) is 2.26. The van der Waals surface area contributed by atoms with E-state index in [1.165, 1.54) is 0 Å². The number of aromatic amines is 1. The molecular formula is C17H18N2O3. The minimum Gasteiger partial charge on any atom is -0.490 e. The number of nitrogens with zero attached hydrogens (tertiary/aromatic N) is 1. The van der Waals surface area contributed by atoms with Crippen molar-refractivity contribution in [1.29, 1.82) is 0 Å². The number of imidazole rings is 1. The molecule has 114 valence electrons. The van der Waals surface area contributed by atoms with Gasteiger partial charge in [0.25, 0.3) is 0 Å². The van der Waals surface area contributed by atoms with Crippen molar-refractivity contribution in [3.05, 3.63) is 43.0 Å². The van der Waals surface area contributed by atoms with Gasteiger partial charge in [0.2, 0.25) is 0 Å². The van der Waals surface area contributed by atoms with Crippen molar-refractivity contribution in [3.8, 4) is 34.1 Å². The predicted molar refractivity (Wildman–Crippen MR) is 84.1 cm³/mol. The molecule has 0 fully saturated rings. The molecule has 0 aliphatic rings. The van der Waals surface area contributed by atoms with Crippen molar-refractivity contribution >= 4 is 0 Å². The number of furan rings is 1. The van der Waals surface area contributed by atoms with Crippen LogP contribution in [0.1, 0.15) is 13.8 Å². The molecule has 0 radical (unpaired) electrons. The SMILES string of the molecule is CCOc1ccc(-c2cnc(-c3ccoc3)[nH]2)cc1OCC.